The maximum absolute atomic E-state index is 12.9. The molecule has 0 radical (unpaired) electrons. The third-order valence-electron chi connectivity index (χ3n) is 5.00. The lowest BCUT2D eigenvalue weighted by atomic mass is 9.75. The number of likely N-dealkylation sites (tertiary alicyclic amines) is 1. The molecule has 0 N–H and O–H groups in total. The minimum absolute atomic E-state index is 0.0267. The van der Waals surface area contributed by atoms with Gasteiger partial charge < -0.3 is 9.64 Å². The summed E-state index contributed by atoms with van der Waals surface area (Å²) in [4.78, 5) is 40.9. The molecule has 3 amide bonds. The van der Waals surface area contributed by atoms with Crippen LogP contribution in [-0.2, 0) is 19.8 Å². The summed E-state index contributed by atoms with van der Waals surface area (Å²) >= 11 is 1.82. The first kappa shape index (κ1) is 17.8. The van der Waals surface area contributed by atoms with Gasteiger partial charge in [-0.3, -0.25) is 19.3 Å². The van der Waals surface area contributed by atoms with Gasteiger partial charge in [-0.1, -0.05) is 12.1 Å². The molecule has 2 fully saturated rings. The molecule has 1 atom stereocenters. The first-order valence-electron chi connectivity index (χ1n) is 8.29. The Kier molecular flexibility index (Phi) is 5.03. The fourth-order valence-electron chi connectivity index (χ4n) is 3.45. The van der Waals surface area contributed by atoms with Crippen LogP contribution < -0.4 is 4.74 Å². The van der Waals surface area contributed by atoms with E-state index in [-0.39, 0.29) is 30.6 Å². The van der Waals surface area contributed by atoms with Crippen LogP contribution in [0.3, 0.4) is 0 Å². The van der Waals surface area contributed by atoms with E-state index in [1.165, 1.54) is 7.05 Å². The van der Waals surface area contributed by atoms with E-state index in [0.717, 1.165) is 16.4 Å². The number of amides is 3. The van der Waals surface area contributed by atoms with Crippen molar-refractivity contribution in [3.8, 4) is 5.75 Å². The molecule has 2 heterocycles. The monoisotopic (exact) mass is 362 g/mol. The summed E-state index contributed by atoms with van der Waals surface area (Å²) in [7, 11) is 3.05. The number of thioether (sulfide) groups is 1. The van der Waals surface area contributed by atoms with E-state index >= 15 is 0 Å². The van der Waals surface area contributed by atoms with E-state index in [1.807, 2.05) is 11.8 Å². The van der Waals surface area contributed by atoms with Gasteiger partial charge in [0.25, 0.3) is 0 Å². The highest BCUT2D eigenvalue weighted by Gasteiger charge is 2.52. The maximum Gasteiger partial charge on any atom is 0.240 e. The van der Waals surface area contributed by atoms with Gasteiger partial charge in [0, 0.05) is 44.5 Å². The number of likely N-dealkylation sites (N-methyl/N-ethyl adjacent to an activating group) is 1. The van der Waals surface area contributed by atoms with Crippen LogP contribution in [0.4, 0.5) is 0 Å². The van der Waals surface area contributed by atoms with Gasteiger partial charge in [0.1, 0.15) is 5.75 Å². The highest BCUT2D eigenvalue weighted by atomic mass is 32.2. The normalized spacial score (nSPS) is 23.9. The first-order valence-corrected chi connectivity index (χ1v) is 9.44. The van der Waals surface area contributed by atoms with Crippen LogP contribution in [0.25, 0.3) is 0 Å². The average Bonchev–Trinajstić information content (AvgIpc) is 2.87. The molecular formula is C18H22N2O4S. The molecule has 2 saturated heterocycles. The van der Waals surface area contributed by atoms with E-state index in [9.17, 15) is 14.4 Å². The van der Waals surface area contributed by atoms with E-state index in [4.69, 9.17) is 4.74 Å². The second-order valence-corrected chi connectivity index (χ2v) is 7.64. The van der Waals surface area contributed by atoms with Gasteiger partial charge in [0.2, 0.25) is 17.7 Å². The molecule has 0 aromatic heterocycles. The molecule has 0 saturated carbocycles. The molecule has 2 aliphatic heterocycles. The summed E-state index contributed by atoms with van der Waals surface area (Å²) in [6.45, 7) is 1.39. The zero-order valence-corrected chi connectivity index (χ0v) is 15.3. The van der Waals surface area contributed by atoms with Crippen molar-refractivity contribution >= 4 is 29.5 Å². The second-order valence-electron chi connectivity index (χ2n) is 6.42. The van der Waals surface area contributed by atoms with Gasteiger partial charge in [-0.2, -0.15) is 11.8 Å². The smallest absolute Gasteiger partial charge is 0.240 e. The Hall–Kier alpha value is -2.02. The fourth-order valence-corrected chi connectivity index (χ4v) is 4.35. The lowest BCUT2D eigenvalue weighted by molar-refractivity contribution is -0.141. The Morgan fingerprint density at radius 1 is 1.20 bits per heavy atom. The van der Waals surface area contributed by atoms with Crippen molar-refractivity contribution in [1.82, 2.24) is 9.80 Å². The van der Waals surface area contributed by atoms with Crippen molar-refractivity contribution in [2.75, 3.05) is 38.8 Å². The standard InChI is InChI=1S/C18H22N2O4S/c1-19-15(21)11-18(17(19)23,13-3-5-14(24-2)6-4-13)12-16(22)20-7-9-25-10-8-20/h3-6H,7-12H2,1-2H3/t18-/m1/s1. The van der Waals surface area contributed by atoms with Gasteiger partial charge in [0.15, 0.2) is 0 Å². The molecule has 2 aliphatic rings. The molecule has 3 rings (SSSR count). The van der Waals surface area contributed by atoms with Crippen molar-refractivity contribution < 1.29 is 19.1 Å². The van der Waals surface area contributed by atoms with Crippen molar-refractivity contribution in [3.63, 3.8) is 0 Å². The maximum atomic E-state index is 12.9. The van der Waals surface area contributed by atoms with Crippen LogP contribution in [0.1, 0.15) is 18.4 Å². The summed E-state index contributed by atoms with van der Waals surface area (Å²) in [5, 5.41) is 0. The number of hydrogen-bond acceptors (Lipinski definition) is 5. The van der Waals surface area contributed by atoms with Gasteiger partial charge in [-0.05, 0) is 17.7 Å². The van der Waals surface area contributed by atoms with Crippen LogP contribution in [-0.4, -0.2) is 66.3 Å². The van der Waals surface area contributed by atoms with Crippen LogP contribution in [0.5, 0.6) is 5.75 Å². The summed E-state index contributed by atoms with van der Waals surface area (Å²) in [6, 6.07) is 7.08. The minimum atomic E-state index is -1.11. The second kappa shape index (κ2) is 7.07. The fraction of sp³-hybridized carbons (Fsp3) is 0.500. The van der Waals surface area contributed by atoms with E-state index < -0.39 is 5.41 Å². The van der Waals surface area contributed by atoms with Gasteiger partial charge in [-0.25, -0.2) is 0 Å². The third kappa shape index (κ3) is 3.25. The Labute approximate surface area is 151 Å². The Morgan fingerprint density at radius 3 is 2.36 bits per heavy atom. The minimum Gasteiger partial charge on any atom is -0.497 e. The Bertz CT molecular complexity index is 685. The zero-order chi connectivity index (χ0) is 18.0. The van der Waals surface area contributed by atoms with Crippen molar-refractivity contribution in [2.45, 2.75) is 18.3 Å². The quantitative estimate of drug-likeness (QED) is 0.755. The lowest BCUT2D eigenvalue weighted by Crippen LogP contribution is -2.45. The van der Waals surface area contributed by atoms with Crippen LogP contribution in [0.2, 0.25) is 0 Å². The number of hydrogen-bond donors (Lipinski definition) is 0. The van der Waals surface area contributed by atoms with E-state index in [1.54, 1.807) is 36.3 Å². The predicted molar refractivity (Wildman–Crippen MR) is 95.6 cm³/mol. The summed E-state index contributed by atoms with van der Waals surface area (Å²) in [5.41, 5.74) is -0.421. The third-order valence-corrected chi connectivity index (χ3v) is 5.94. The number of imide groups is 1. The molecule has 1 aromatic rings. The first-order chi connectivity index (χ1) is 12.0. The van der Waals surface area contributed by atoms with Gasteiger partial charge in [-0.15, -0.1) is 0 Å². The van der Waals surface area contributed by atoms with E-state index in [2.05, 4.69) is 0 Å². The highest BCUT2D eigenvalue weighted by Crippen LogP contribution is 2.40. The largest absolute Gasteiger partial charge is 0.497 e. The highest BCUT2D eigenvalue weighted by molar-refractivity contribution is 7.99. The van der Waals surface area contributed by atoms with Gasteiger partial charge in [0.05, 0.1) is 12.5 Å². The average molecular weight is 362 g/mol. The number of benzene rings is 1. The molecule has 0 unspecified atom stereocenters. The lowest BCUT2D eigenvalue weighted by Gasteiger charge is -2.32. The number of carbonyl (C=O) groups excluding carboxylic acids is 3. The molecule has 0 aliphatic carbocycles. The Morgan fingerprint density at radius 2 is 1.84 bits per heavy atom. The van der Waals surface area contributed by atoms with Crippen LogP contribution in [0, 0.1) is 0 Å². The molecule has 7 heteroatoms. The number of ether oxygens (including phenoxy) is 1. The van der Waals surface area contributed by atoms with Crippen LogP contribution >= 0.6 is 11.8 Å². The topological polar surface area (TPSA) is 66.9 Å². The molecule has 134 valence electrons. The number of nitrogens with zero attached hydrogens (tertiary/aromatic N) is 2. The molecule has 1 aromatic carbocycles. The predicted octanol–water partition coefficient (Wildman–Crippen LogP) is 1.29. The van der Waals surface area contributed by atoms with Crippen molar-refractivity contribution in [2.24, 2.45) is 0 Å². The number of carbonyl (C=O) groups is 3. The van der Waals surface area contributed by atoms with Crippen LogP contribution in [0.15, 0.2) is 24.3 Å². The van der Waals surface area contributed by atoms with E-state index in [0.29, 0.717) is 24.4 Å². The molecule has 6 nitrogen and oxygen atoms in total. The molecule has 25 heavy (non-hydrogen) atoms. The summed E-state index contributed by atoms with van der Waals surface area (Å²) < 4.78 is 5.17. The SMILES string of the molecule is COc1ccc([C@]2(CC(=O)N3CCSCC3)CC(=O)N(C)C2=O)cc1. The molecule has 0 bridgehead atoms. The Balaban J connectivity index is 1.93. The van der Waals surface area contributed by atoms with Crippen molar-refractivity contribution in [1.29, 1.82) is 0 Å². The number of rotatable bonds is 4. The number of methoxy groups -OCH3 is 1. The zero-order valence-electron chi connectivity index (χ0n) is 14.5. The van der Waals surface area contributed by atoms with Crippen molar-refractivity contribution in [3.05, 3.63) is 29.8 Å². The molecular weight excluding hydrogens is 340 g/mol. The summed E-state index contributed by atoms with van der Waals surface area (Å²) in [5.74, 6) is 1.88. The van der Waals surface area contributed by atoms with Gasteiger partial charge >= 0.3 is 0 Å². The molecule has 0 spiro atoms. The summed E-state index contributed by atoms with van der Waals surface area (Å²) in [6.07, 6.45) is 0.0574.